The van der Waals surface area contributed by atoms with E-state index in [2.05, 4.69) is 15.9 Å². The molecule has 0 saturated carbocycles. The van der Waals surface area contributed by atoms with Gasteiger partial charge in [0.1, 0.15) is 5.78 Å². The number of ether oxygens (including phenoxy) is 1. The molecule has 0 N–H and O–H groups in total. The lowest BCUT2D eigenvalue weighted by molar-refractivity contribution is -0.143. The average molecular weight is 237 g/mol. The van der Waals surface area contributed by atoms with Crippen molar-refractivity contribution < 1.29 is 14.3 Å². The summed E-state index contributed by atoms with van der Waals surface area (Å²) in [5.41, 5.74) is 0. The fraction of sp³-hybridized carbons (Fsp3) is 0.750. The minimum Gasteiger partial charge on any atom is -0.466 e. The number of ketones is 1. The Morgan fingerprint density at radius 2 is 2.00 bits per heavy atom. The van der Waals surface area contributed by atoms with Gasteiger partial charge in [0.25, 0.3) is 0 Å². The topological polar surface area (TPSA) is 43.4 Å². The monoisotopic (exact) mass is 236 g/mol. The van der Waals surface area contributed by atoms with Crippen LogP contribution in [0, 0.1) is 0 Å². The molecular weight excluding hydrogens is 224 g/mol. The van der Waals surface area contributed by atoms with Crippen molar-refractivity contribution in [1.82, 2.24) is 0 Å². The molecule has 12 heavy (non-hydrogen) atoms. The number of hydrogen-bond acceptors (Lipinski definition) is 3. The lowest BCUT2D eigenvalue weighted by Crippen LogP contribution is -2.05. The summed E-state index contributed by atoms with van der Waals surface area (Å²) in [5, 5.41) is 0.371. The van der Waals surface area contributed by atoms with Crippen LogP contribution in [-0.4, -0.2) is 23.7 Å². The first kappa shape index (κ1) is 11.6. The van der Waals surface area contributed by atoms with Crippen LogP contribution in [0.5, 0.6) is 0 Å². The second-order valence-corrected chi connectivity index (χ2v) is 2.89. The van der Waals surface area contributed by atoms with Gasteiger partial charge in [-0.15, -0.1) is 0 Å². The van der Waals surface area contributed by atoms with Gasteiger partial charge in [-0.2, -0.15) is 0 Å². The van der Waals surface area contributed by atoms with Gasteiger partial charge in [-0.05, 0) is 13.3 Å². The van der Waals surface area contributed by atoms with Crippen molar-refractivity contribution in [3.63, 3.8) is 0 Å². The van der Waals surface area contributed by atoms with Gasteiger partial charge in [0.15, 0.2) is 0 Å². The Labute approximate surface area is 80.6 Å². The van der Waals surface area contributed by atoms with Crippen molar-refractivity contribution in [1.29, 1.82) is 0 Å². The molecule has 0 aliphatic heterocycles. The lowest BCUT2D eigenvalue weighted by atomic mass is 10.2. The van der Waals surface area contributed by atoms with E-state index in [0.717, 1.165) is 0 Å². The number of carbonyl (C=O) groups excluding carboxylic acids is 2. The van der Waals surface area contributed by atoms with E-state index < -0.39 is 0 Å². The molecule has 0 aromatic rings. The Morgan fingerprint density at radius 1 is 1.33 bits per heavy atom. The van der Waals surface area contributed by atoms with Gasteiger partial charge in [-0.1, -0.05) is 15.9 Å². The summed E-state index contributed by atoms with van der Waals surface area (Å²) in [5.74, 6) is -0.0980. The number of halogens is 1. The van der Waals surface area contributed by atoms with E-state index in [-0.39, 0.29) is 11.8 Å². The highest BCUT2D eigenvalue weighted by Gasteiger charge is 2.03. The molecule has 0 rings (SSSR count). The number of hydrogen-bond donors (Lipinski definition) is 0. The van der Waals surface area contributed by atoms with Crippen molar-refractivity contribution in [2.75, 3.05) is 11.9 Å². The van der Waals surface area contributed by atoms with Crippen molar-refractivity contribution in [3.05, 3.63) is 0 Å². The first-order valence-corrected chi connectivity index (χ1v) is 5.06. The van der Waals surface area contributed by atoms with Crippen molar-refractivity contribution in [2.24, 2.45) is 0 Å². The van der Waals surface area contributed by atoms with E-state index in [4.69, 9.17) is 4.74 Å². The van der Waals surface area contributed by atoms with Crippen LogP contribution in [0.2, 0.25) is 0 Å². The molecule has 0 bridgehead atoms. The van der Waals surface area contributed by atoms with E-state index in [9.17, 15) is 9.59 Å². The summed E-state index contributed by atoms with van der Waals surface area (Å²) in [6, 6.07) is 0. The highest BCUT2D eigenvalue weighted by Crippen LogP contribution is 2.00. The molecular formula is C8H13BrO3. The number of rotatable bonds is 6. The van der Waals surface area contributed by atoms with Crippen LogP contribution in [0.1, 0.15) is 26.2 Å². The average Bonchev–Trinajstić information content (AvgIpc) is 2.04. The maximum atomic E-state index is 10.8. The molecule has 0 atom stereocenters. The second kappa shape index (κ2) is 7.28. The van der Waals surface area contributed by atoms with Crippen LogP contribution in [-0.2, 0) is 14.3 Å². The minimum absolute atomic E-state index is 0.124. The molecule has 70 valence electrons. The largest absolute Gasteiger partial charge is 0.466 e. The Bertz CT molecular complexity index is 156. The molecule has 0 amide bonds. The first-order valence-electron chi connectivity index (χ1n) is 3.94. The molecule has 4 heteroatoms. The van der Waals surface area contributed by atoms with Gasteiger partial charge in [0, 0.05) is 12.8 Å². The Morgan fingerprint density at radius 3 is 2.50 bits per heavy atom. The van der Waals surface area contributed by atoms with Crippen LogP contribution in [0.3, 0.4) is 0 Å². The third-order valence-electron chi connectivity index (χ3n) is 1.29. The van der Waals surface area contributed by atoms with Gasteiger partial charge in [-0.25, -0.2) is 0 Å². The van der Waals surface area contributed by atoms with Gasteiger partial charge in [0.2, 0.25) is 0 Å². The normalized spacial score (nSPS) is 9.50. The van der Waals surface area contributed by atoms with Crippen molar-refractivity contribution in [3.8, 4) is 0 Å². The van der Waals surface area contributed by atoms with E-state index >= 15 is 0 Å². The van der Waals surface area contributed by atoms with E-state index in [0.29, 0.717) is 31.2 Å². The summed E-state index contributed by atoms with van der Waals surface area (Å²) in [6.45, 7) is 2.17. The summed E-state index contributed by atoms with van der Waals surface area (Å²) in [4.78, 5) is 21.5. The van der Waals surface area contributed by atoms with E-state index in [1.807, 2.05) is 0 Å². The van der Waals surface area contributed by atoms with Gasteiger partial charge in [-0.3, -0.25) is 9.59 Å². The lowest BCUT2D eigenvalue weighted by Gasteiger charge is -1.99. The molecule has 0 unspecified atom stereocenters. The molecule has 0 fully saturated rings. The third-order valence-corrected chi connectivity index (χ3v) is 1.92. The standard InChI is InChI=1S/C8H13BrO3/c1-2-12-8(11)5-3-4-7(10)6-9/h2-6H2,1H3. The van der Waals surface area contributed by atoms with Gasteiger partial charge < -0.3 is 4.74 Å². The van der Waals surface area contributed by atoms with E-state index in [1.54, 1.807) is 6.92 Å². The van der Waals surface area contributed by atoms with Crippen molar-refractivity contribution in [2.45, 2.75) is 26.2 Å². The molecule has 0 aliphatic rings. The van der Waals surface area contributed by atoms with Crippen LogP contribution < -0.4 is 0 Å². The summed E-state index contributed by atoms with van der Waals surface area (Å²) in [7, 11) is 0. The fourth-order valence-corrected chi connectivity index (χ4v) is 1.01. The SMILES string of the molecule is CCOC(=O)CCCC(=O)CBr. The van der Waals surface area contributed by atoms with Crippen LogP contribution in [0.4, 0.5) is 0 Å². The molecule has 0 spiro atoms. The Kier molecular flexibility index (Phi) is 7.05. The minimum atomic E-state index is -0.222. The number of alkyl halides is 1. The molecule has 0 radical (unpaired) electrons. The predicted octanol–water partition coefficient (Wildman–Crippen LogP) is 1.68. The number of carbonyl (C=O) groups is 2. The maximum Gasteiger partial charge on any atom is 0.305 e. The molecule has 0 aromatic heterocycles. The maximum absolute atomic E-state index is 10.8. The zero-order chi connectivity index (χ0) is 9.40. The zero-order valence-corrected chi connectivity index (χ0v) is 8.72. The third kappa shape index (κ3) is 6.34. The molecule has 0 heterocycles. The fourth-order valence-electron chi connectivity index (χ4n) is 0.730. The van der Waals surface area contributed by atoms with Gasteiger partial charge >= 0.3 is 5.97 Å². The number of esters is 1. The summed E-state index contributed by atoms with van der Waals surface area (Å²) in [6.07, 6.45) is 1.37. The van der Waals surface area contributed by atoms with Crippen molar-refractivity contribution >= 4 is 27.7 Å². The van der Waals surface area contributed by atoms with Crippen LogP contribution in [0.15, 0.2) is 0 Å². The summed E-state index contributed by atoms with van der Waals surface area (Å²) < 4.78 is 4.70. The van der Waals surface area contributed by atoms with Crippen LogP contribution >= 0.6 is 15.9 Å². The van der Waals surface area contributed by atoms with Gasteiger partial charge in [0.05, 0.1) is 11.9 Å². The second-order valence-electron chi connectivity index (χ2n) is 2.33. The summed E-state index contributed by atoms with van der Waals surface area (Å²) >= 11 is 3.05. The Hall–Kier alpha value is -0.380. The zero-order valence-electron chi connectivity index (χ0n) is 7.14. The Balaban J connectivity index is 3.30. The number of Topliss-reactive ketones (excluding diaryl/α,β-unsaturated/α-hetero) is 1. The molecule has 0 aromatic carbocycles. The smallest absolute Gasteiger partial charge is 0.305 e. The molecule has 0 saturated heterocycles. The quantitative estimate of drug-likeness (QED) is 0.521. The molecule has 0 aliphatic carbocycles. The highest BCUT2D eigenvalue weighted by atomic mass is 79.9. The van der Waals surface area contributed by atoms with E-state index in [1.165, 1.54) is 0 Å². The molecule has 3 nitrogen and oxygen atoms in total. The highest BCUT2D eigenvalue weighted by molar-refractivity contribution is 9.09. The first-order chi connectivity index (χ1) is 5.70. The predicted molar refractivity (Wildman–Crippen MR) is 49.3 cm³/mol. The van der Waals surface area contributed by atoms with Crippen LogP contribution in [0.25, 0.3) is 0 Å².